The molecule has 3 nitrogen and oxygen atoms in total. The van der Waals surface area contributed by atoms with E-state index in [-0.39, 0.29) is 5.82 Å². The van der Waals surface area contributed by atoms with Gasteiger partial charge in [-0.05, 0) is 13.8 Å². The van der Waals surface area contributed by atoms with Crippen LogP contribution < -0.4 is 5.32 Å². The molecule has 0 atom stereocenters. The highest BCUT2D eigenvalue weighted by Gasteiger charge is 2.29. The average molecular weight is 219 g/mol. The minimum absolute atomic E-state index is 0.199. The van der Waals surface area contributed by atoms with Crippen LogP contribution >= 0.6 is 0 Å². The van der Waals surface area contributed by atoms with Crippen LogP contribution in [0.2, 0.25) is 0 Å². The molecule has 1 aromatic heterocycles. The summed E-state index contributed by atoms with van der Waals surface area (Å²) in [5, 5.41) is 2.74. The van der Waals surface area contributed by atoms with Gasteiger partial charge in [-0.25, -0.2) is 9.97 Å². The van der Waals surface area contributed by atoms with Gasteiger partial charge in [-0.3, -0.25) is 0 Å². The third-order valence-corrected chi connectivity index (χ3v) is 2.03. The maximum absolute atomic E-state index is 12.1. The first-order valence-corrected chi connectivity index (χ1v) is 4.42. The zero-order chi connectivity index (χ0) is 11.6. The Kier molecular flexibility index (Phi) is 3.16. The number of hydrogen-bond donors (Lipinski definition) is 1. The summed E-state index contributed by atoms with van der Waals surface area (Å²) < 4.78 is 36.3. The number of rotatable bonds is 2. The van der Waals surface area contributed by atoms with Crippen LogP contribution in [0.1, 0.15) is 17.1 Å². The number of alkyl halides is 3. The van der Waals surface area contributed by atoms with Crippen LogP contribution in [0.15, 0.2) is 0 Å². The number of anilines is 1. The van der Waals surface area contributed by atoms with Crippen LogP contribution in [-0.4, -0.2) is 23.2 Å². The summed E-state index contributed by atoms with van der Waals surface area (Å²) in [5.41, 5.74) is 1.33. The fourth-order valence-electron chi connectivity index (χ4n) is 1.19. The van der Waals surface area contributed by atoms with Crippen molar-refractivity contribution in [2.24, 2.45) is 0 Å². The SMILES string of the molecule is CNc1nc(CC(F)(F)F)nc(C)c1C. The Morgan fingerprint density at radius 3 is 2.27 bits per heavy atom. The smallest absolute Gasteiger partial charge is 0.373 e. The van der Waals surface area contributed by atoms with Gasteiger partial charge in [-0.15, -0.1) is 0 Å². The molecule has 0 unspecified atom stereocenters. The summed E-state index contributed by atoms with van der Waals surface area (Å²) >= 11 is 0. The molecule has 0 aliphatic heterocycles. The summed E-state index contributed by atoms with van der Waals surface area (Å²) in [5.74, 6) is 0.247. The van der Waals surface area contributed by atoms with E-state index in [4.69, 9.17) is 0 Å². The van der Waals surface area contributed by atoms with Gasteiger partial charge in [-0.2, -0.15) is 13.2 Å². The summed E-state index contributed by atoms with van der Waals surface area (Å²) in [6.45, 7) is 3.43. The molecular weight excluding hydrogens is 207 g/mol. The molecule has 1 N–H and O–H groups in total. The number of hydrogen-bond acceptors (Lipinski definition) is 3. The Balaban J connectivity index is 3.06. The molecule has 0 radical (unpaired) electrons. The van der Waals surface area contributed by atoms with Crippen molar-refractivity contribution in [3.05, 3.63) is 17.1 Å². The van der Waals surface area contributed by atoms with Crippen LogP contribution in [0.25, 0.3) is 0 Å². The molecule has 0 fully saturated rings. The lowest BCUT2D eigenvalue weighted by Gasteiger charge is -2.10. The molecule has 0 saturated heterocycles. The first-order chi connectivity index (χ1) is 6.83. The van der Waals surface area contributed by atoms with E-state index in [1.54, 1.807) is 20.9 Å². The summed E-state index contributed by atoms with van der Waals surface area (Å²) in [6.07, 6.45) is -5.37. The van der Waals surface area contributed by atoms with Crippen molar-refractivity contribution < 1.29 is 13.2 Å². The fraction of sp³-hybridized carbons (Fsp3) is 0.556. The third-order valence-electron chi connectivity index (χ3n) is 2.03. The standard InChI is InChI=1S/C9H12F3N3/c1-5-6(2)14-7(4-9(10,11)12)15-8(5)13-3/h4H2,1-3H3,(H,13,14,15). The van der Waals surface area contributed by atoms with Gasteiger partial charge in [0.05, 0.1) is 0 Å². The molecule has 1 heterocycles. The Bertz CT molecular complexity index is 360. The van der Waals surface area contributed by atoms with Gasteiger partial charge < -0.3 is 5.32 Å². The first kappa shape index (κ1) is 11.7. The lowest BCUT2D eigenvalue weighted by Crippen LogP contribution is -2.16. The van der Waals surface area contributed by atoms with Gasteiger partial charge in [0.25, 0.3) is 0 Å². The molecule has 1 rings (SSSR count). The molecule has 1 aromatic rings. The van der Waals surface area contributed by atoms with E-state index in [0.29, 0.717) is 11.5 Å². The van der Waals surface area contributed by atoms with Crippen molar-refractivity contribution in [3.8, 4) is 0 Å². The molecule has 0 aliphatic rings. The van der Waals surface area contributed by atoms with Crippen molar-refractivity contribution >= 4 is 5.82 Å². The predicted octanol–water partition coefficient (Wildman–Crippen LogP) is 2.24. The highest BCUT2D eigenvalue weighted by Crippen LogP contribution is 2.21. The van der Waals surface area contributed by atoms with Crippen LogP contribution in [-0.2, 0) is 6.42 Å². The molecule has 0 aliphatic carbocycles. The second-order valence-corrected chi connectivity index (χ2v) is 3.24. The van der Waals surface area contributed by atoms with Crippen LogP contribution in [0.5, 0.6) is 0 Å². The Hall–Kier alpha value is -1.33. The van der Waals surface area contributed by atoms with Gasteiger partial charge in [0.1, 0.15) is 18.1 Å². The largest absolute Gasteiger partial charge is 0.396 e. The van der Waals surface area contributed by atoms with Crippen molar-refractivity contribution in [1.29, 1.82) is 0 Å². The van der Waals surface area contributed by atoms with Crippen molar-refractivity contribution in [2.45, 2.75) is 26.4 Å². The normalized spacial score (nSPS) is 11.6. The minimum Gasteiger partial charge on any atom is -0.373 e. The van der Waals surface area contributed by atoms with E-state index in [9.17, 15) is 13.2 Å². The lowest BCUT2D eigenvalue weighted by molar-refractivity contribution is -0.128. The molecule has 15 heavy (non-hydrogen) atoms. The zero-order valence-corrected chi connectivity index (χ0v) is 8.74. The maximum atomic E-state index is 12.1. The molecular formula is C9H12F3N3. The van der Waals surface area contributed by atoms with E-state index in [1.807, 2.05) is 0 Å². The highest BCUT2D eigenvalue weighted by molar-refractivity contribution is 5.44. The summed E-state index contributed by atoms with van der Waals surface area (Å²) in [4.78, 5) is 7.59. The molecule has 0 spiro atoms. The molecule has 84 valence electrons. The predicted molar refractivity (Wildman–Crippen MR) is 50.8 cm³/mol. The van der Waals surface area contributed by atoms with Gasteiger partial charge in [-0.1, -0.05) is 0 Å². The molecule has 0 aromatic carbocycles. The summed E-state index contributed by atoms with van der Waals surface area (Å²) in [6, 6.07) is 0. The van der Waals surface area contributed by atoms with Crippen LogP contribution in [0.3, 0.4) is 0 Å². The quantitative estimate of drug-likeness (QED) is 0.828. The number of nitrogens with zero attached hydrogens (tertiary/aromatic N) is 2. The van der Waals surface area contributed by atoms with Crippen LogP contribution in [0, 0.1) is 13.8 Å². The first-order valence-electron chi connectivity index (χ1n) is 4.42. The van der Waals surface area contributed by atoms with Crippen molar-refractivity contribution in [2.75, 3.05) is 12.4 Å². The molecule has 0 amide bonds. The molecule has 0 saturated carbocycles. The van der Waals surface area contributed by atoms with E-state index in [2.05, 4.69) is 15.3 Å². The Labute approximate surface area is 85.7 Å². The topological polar surface area (TPSA) is 37.8 Å². The van der Waals surface area contributed by atoms with E-state index < -0.39 is 12.6 Å². The van der Waals surface area contributed by atoms with Gasteiger partial charge >= 0.3 is 6.18 Å². The second kappa shape index (κ2) is 4.04. The van der Waals surface area contributed by atoms with Gasteiger partial charge in [0.2, 0.25) is 0 Å². The number of halogens is 3. The van der Waals surface area contributed by atoms with E-state index >= 15 is 0 Å². The fourth-order valence-corrected chi connectivity index (χ4v) is 1.19. The number of nitrogens with one attached hydrogen (secondary N) is 1. The van der Waals surface area contributed by atoms with Crippen LogP contribution in [0.4, 0.5) is 19.0 Å². The number of aryl methyl sites for hydroxylation is 1. The molecule has 6 heteroatoms. The van der Waals surface area contributed by atoms with Crippen molar-refractivity contribution in [3.63, 3.8) is 0 Å². The zero-order valence-electron chi connectivity index (χ0n) is 8.74. The second-order valence-electron chi connectivity index (χ2n) is 3.24. The Morgan fingerprint density at radius 2 is 1.80 bits per heavy atom. The van der Waals surface area contributed by atoms with Crippen molar-refractivity contribution in [1.82, 2.24) is 9.97 Å². The summed E-state index contributed by atoms with van der Waals surface area (Å²) in [7, 11) is 1.62. The minimum atomic E-state index is -4.27. The number of aromatic nitrogens is 2. The monoisotopic (exact) mass is 219 g/mol. The lowest BCUT2D eigenvalue weighted by atomic mass is 10.2. The van der Waals surface area contributed by atoms with E-state index in [0.717, 1.165) is 5.56 Å². The average Bonchev–Trinajstić information content (AvgIpc) is 2.08. The van der Waals surface area contributed by atoms with Gasteiger partial charge in [0.15, 0.2) is 0 Å². The van der Waals surface area contributed by atoms with E-state index in [1.165, 1.54) is 0 Å². The Morgan fingerprint density at radius 1 is 1.20 bits per heavy atom. The highest BCUT2D eigenvalue weighted by atomic mass is 19.4. The third kappa shape index (κ3) is 3.07. The maximum Gasteiger partial charge on any atom is 0.396 e. The van der Waals surface area contributed by atoms with Gasteiger partial charge in [0, 0.05) is 18.3 Å². The molecule has 0 bridgehead atoms.